The lowest BCUT2D eigenvalue weighted by molar-refractivity contribution is -0.901. The first kappa shape index (κ1) is 17.5. The molecule has 24 heavy (non-hydrogen) atoms. The molecule has 1 unspecified atom stereocenters. The molecule has 1 spiro atoms. The third-order valence-corrected chi connectivity index (χ3v) is 5.61. The lowest BCUT2D eigenvalue weighted by Gasteiger charge is -2.30. The first-order valence-electron chi connectivity index (χ1n) is 8.31. The number of nitrogens with one attached hydrogen (secondary N) is 2. The molecule has 1 saturated carbocycles. The summed E-state index contributed by atoms with van der Waals surface area (Å²) in [4.78, 5) is 27.4. The maximum atomic E-state index is 12.8. The van der Waals surface area contributed by atoms with Gasteiger partial charge >= 0.3 is 6.03 Å². The van der Waals surface area contributed by atoms with E-state index < -0.39 is 5.54 Å². The van der Waals surface area contributed by atoms with Crippen LogP contribution in [0.2, 0.25) is 10.0 Å². The van der Waals surface area contributed by atoms with E-state index in [1.54, 1.807) is 6.07 Å². The van der Waals surface area contributed by atoms with Gasteiger partial charge < -0.3 is 10.2 Å². The molecule has 1 atom stereocenters. The number of halogens is 2. The summed E-state index contributed by atoms with van der Waals surface area (Å²) in [6, 6.07) is 5.22. The highest BCUT2D eigenvalue weighted by Crippen LogP contribution is 2.33. The van der Waals surface area contributed by atoms with Gasteiger partial charge in [-0.05, 0) is 25.0 Å². The molecule has 1 aliphatic carbocycles. The summed E-state index contributed by atoms with van der Waals surface area (Å²) in [6.45, 7) is 0.994. The number of hydrogen-bond acceptors (Lipinski definition) is 2. The van der Waals surface area contributed by atoms with Gasteiger partial charge in [-0.1, -0.05) is 48.5 Å². The molecule has 130 valence electrons. The van der Waals surface area contributed by atoms with Gasteiger partial charge in [0.2, 0.25) is 0 Å². The third-order valence-electron chi connectivity index (χ3n) is 4.87. The van der Waals surface area contributed by atoms with Crippen molar-refractivity contribution in [2.45, 2.75) is 44.2 Å². The summed E-state index contributed by atoms with van der Waals surface area (Å²) in [5.74, 6) is -0.0688. The van der Waals surface area contributed by atoms with Crippen LogP contribution in [-0.2, 0) is 11.3 Å². The minimum absolute atomic E-state index is 0.0688. The highest BCUT2D eigenvalue weighted by Gasteiger charge is 2.52. The molecule has 3 amide bonds. The molecule has 3 rings (SSSR count). The summed E-state index contributed by atoms with van der Waals surface area (Å²) >= 11 is 12.0. The predicted octanol–water partition coefficient (Wildman–Crippen LogP) is 2.22. The first-order chi connectivity index (χ1) is 11.4. The minimum Gasteiger partial charge on any atom is -0.323 e. The Labute approximate surface area is 151 Å². The zero-order chi connectivity index (χ0) is 17.3. The maximum absolute atomic E-state index is 12.8. The minimum atomic E-state index is -0.654. The van der Waals surface area contributed by atoms with Crippen molar-refractivity contribution < 1.29 is 14.5 Å². The number of carbonyl (C=O) groups excluding carboxylic acids is 2. The molecular formula is C17H22Cl2N3O2+. The van der Waals surface area contributed by atoms with Gasteiger partial charge in [0.15, 0.2) is 6.67 Å². The van der Waals surface area contributed by atoms with E-state index >= 15 is 0 Å². The van der Waals surface area contributed by atoms with Crippen molar-refractivity contribution in [1.82, 2.24) is 10.2 Å². The third kappa shape index (κ3) is 3.39. The van der Waals surface area contributed by atoms with Gasteiger partial charge in [0.05, 0.1) is 17.1 Å². The number of imide groups is 1. The largest absolute Gasteiger partial charge is 0.329 e. The zero-order valence-electron chi connectivity index (χ0n) is 13.7. The molecule has 2 fully saturated rings. The smallest absolute Gasteiger partial charge is 0.323 e. The van der Waals surface area contributed by atoms with Gasteiger partial charge in [-0.3, -0.25) is 4.79 Å². The van der Waals surface area contributed by atoms with Crippen molar-refractivity contribution in [3.05, 3.63) is 33.8 Å². The lowest BCUT2D eigenvalue weighted by atomic mass is 9.82. The van der Waals surface area contributed by atoms with Crippen LogP contribution in [0.4, 0.5) is 4.79 Å². The molecule has 2 aliphatic rings. The Balaban J connectivity index is 1.65. The summed E-state index contributed by atoms with van der Waals surface area (Å²) < 4.78 is 0. The molecule has 1 saturated heterocycles. The normalized spacial score (nSPS) is 21.2. The monoisotopic (exact) mass is 370 g/mol. The van der Waals surface area contributed by atoms with E-state index in [4.69, 9.17) is 23.2 Å². The van der Waals surface area contributed by atoms with Crippen LogP contribution in [0.15, 0.2) is 18.2 Å². The number of hydrogen-bond donors (Lipinski definition) is 2. The molecule has 7 heteroatoms. The van der Waals surface area contributed by atoms with Crippen molar-refractivity contribution in [2.24, 2.45) is 0 Å². The average molecular weight is 371 g/mol. The van der Waals surface area contributed by atoms with Gasteiger partial charge in [0.25, 0.3) is 5.91 Å². The number of carbonyl (C=O) groups is 2. The Hall–Kier alpha value is -1.30. The predicted molar refractivity (Wildman–Crippen MR) is 93.1 cm³/mol. The number of nitrogens with zero attached hydrogens (tertiary/aromatic N) is 1. The molecule has 0 radical (unpaired) electrons. The summed E-state index contributed by atoms with van der Waals surface area (Å²) in [6.07, 6.45) is 4.62. The fourth-order valence-corrected chi connectivity index (χ4v) is 3.96. The van der Waals surface area contributed by atoms with Gasteiger partial charge in [-0.25, -0.2) is 9.69 Å². The number of amides is 3. The first-order valence-corrected chi connectivity index (χ1v) is 9.06. The number of quaternary nitrogens is 1. The molecule has 1 heterocycles. The zero-order valence-corrected chi connectivity index (χ0v) is 15.2. The van der Waals surface area contributed by atoms with Crippen LogP contribution in [0.25, 0.3) is 0 Å². The van der Waals surface area contributed by atoms with E-state index in [0.29, 0.717) is 23.3 Å². The van der Waals surface area contributed by atoms with Crippen LogP contribution < -0.4 is 10.2 Å². The molecular weight excluding hydrogens is 349 g/mol. The number of urea groups is 1. The lowest BCUT2D eigenvalue weighted by Crippen LogP contribution is -3.09. The van der Waals surface area contributed by atoms with Crippen LogP contribution >= 0.6 is 23.2 Å². The summed E-state index contributed by atoms with van der Waals surface area (Å²) in [7, 11) is 1.95. The molecule has 0 aromatic heterocycles. The second-order valence-corrected chi connectivity index (χ2v) is 7.66. The molecule has 0 bridgehead atoms. The van der Waals surface area contributed by atoms with Crippen molar-refractivity contribution >= 4 is 35.1 Å². The number of benzene rings is 1. The maximum Gasteiger partial charge on any atom is 0.329 e. The van der Waals surface area contributed by atoms with E-state index in [9.17, 15) is 9.59 Å². The SMILES string of the molecule is C[NH+](Cc1ccc(Cl)c(Cl)c1)CN1C(=O)NC2(CCCCC2)C1=O. The average Bonchev–Trinajstić information content (AvgIpc) is 2.76. The molecule has 1 aliphatic heterocycles. The molecule has 2 N–H and O–H groups in total. The van der Waals surface area contributed by atoms with Gasteiger partial charge in [-0.2, -0.15) is 0 Å². The molecule has 1 aromatic rings. The quantitative estimate of drug-likeness (QED) is 0.798. The second kappa shape index (κ2) is 6.90. The Kier molecular flexibility index (Phi) is 5.04. The summed E-state index contributed by atoms with van der Waals surface area (Å²) in [5.41, 5.74) is 0.362. The van der Waals surface area contributed by atoms with Crippen LogP contribution in [0.5, 0.6) is 0 Å². The fourth-order valence-electron chi connectivity index (χ4n) is 3.64. The van der Waals surface area contributed by atoms with E-state index in [2.05, 4.69) is 5.32 Å². The van der Waals surface area contributed by atoms with Crippen molar-refractivity contribution in [2.75, 3.05) is 13.7 Å². The van der Waals surface area contributed by atoms with E-state index in [-0.39, 0.29) is 11.9 Å². The highest BCUT2D eigenvalue weighted by atomic mass is 35.5. The van der Waals surface area contributed by atoms with Gasteiger partial charge in [-0.15, -0.1) is 0 Å². The standard InChI is InChI=1S/C17H21Cl2N3O2/c1-21(10-12-5-6-13(18)14(19)9-12)11-22-15(23)17(20-16(22)24)7-3-2-4-8-17/h5-6,9H,2-4,7-8,10-11H2,1H3,(H,20,24)/p+1. The van der Waals surface area contributed by atoms with E-state index in [0.717, 1.165) is 42.6 Å². The van der Waals surface area contributed by atoms with E-state index in [1.165, 1.54) is 4.90 Å². The van der Waals surface area contributed by atoms with Crippen molar-refractivity contribution in [1.29, 1.82) is 0 Å². The molecule has 5 nitrogen and oxygen atoms in total. The van der Waals surface area contributed by atoms with Crippen LogP contribution in [0, 0.1) is 0 Å². The van der Waals surface area contributed by atoms with Crippen LogP contribution in [0.1, 0.15) is 37.7 Å². The van der Waals surface area contributed by atoms with Gasteiger partial charge in [0, 0.05) is 5.56 Å². The fraction of sp³-hybridized carbons (Fsp3) is 0.529. The van der Waals surface area contributed by atoms with Gasteiger partial charge in [0.1, 0.15) is 12.1 Å². The van der Waals surface area contributed by atoms with E-state index in [1.807, 2.05) is 19.2 Å². The van der Waals surface area contributed by atoms with Crippen molar-refractivity contribution in [3.63, 3.8) is 0 Å². The Morgan fingerprint density at radius 3 is 2.54 bits per heavy atom. The molecule has 1 aromatic carbocycles. The topological polar surface area (TPSA) is 53.9 Å². The van der Waals surface area contributed by atoms with Crippen LogP contribution in [0.3, 0.4) is 0 Å². The second-order valence-electron chi connectivity index (χ2n) is 6.85. The number of rotatable bonds is 4. The van der Waals surface area contributed by atoms with Crippen molar-refractivity contribution in [3.8, 4) is 0 Å². The Bertz CT molecular complexity index is 659. The Morgan fingerprint density at radius 2 is 1.88 bits per heavy atom. The Morgan fingerprint density at radius 1 is 1.17 bits per heavy atom. The summed E-state index contributed by atoms with van der Waals surface area (Å²) in [5, 5.41) is 3.97. The van der Waals surface area contributed by atoms with Crippen LogP contribution in [-0.4, -0.2) is 36.1 Å². The highest BCUT2D eigenvalue weighted by molar-refractivity contribution is 6.42.